The predicted molar refractivity (Wildman–Crippen MR) is 82.6 cm³/mol. The van der Waals surface area contributed by atoms with Crippen LogP contribution in [0.25, 0.3) is 10.4 Å². The van der Waals surface area contributed by atoms with Crippen molar-refractivity contribution in [3.05, 3.63) is 39.2 Å². The summed E-state index contributed by atoms with van der Waals surface area (Å²) in [4.78, 5) is 1.67. The number of aryl methyl sites for hydroxylation is 1. The summed E-state index contributed by atoms with van der Waals surface area (Å²) in [6.07, 6.45) is 1.88. The number of rotatable bonds is 3. The molecule has 1 aromatic heterocycles. The molecule has 19 heavy (non-hydrogen) atoms. The van der Waals surface area contributed by atoms with Crippen molar-refractivity contribution in [1.29, 1.82) is 5.26 Å². The Morgan fingerprint density at radius 3 is 2.79 bits per heavy atom. The topological polar surface area (TPSA) is 49.8 Å². The summed E-state index contributed by atoms with van der Waals surface area (Å²) in [6.45, 7) is 4.15. The molecule has 98 valence electrons. The fraction of sp³-hybridized carbons (Fsp3) is 0.267. The third-order valence-electron chi connectivity index (χ3n) is 3.09. The largest absolute Gasteiger partial charge is 0.397 e. The van der Waals surface area contributed by atoms with Gasteiger partial charge in [-0.3, -0.25) is 0 Å². The first-order valence-corrected chi connectivity index (χ1v) is 7.35. The molecule has 4 heteroatoms. The molecule has 0 unspecified atom stereocenters. The molecule has 0 radical (unpaired) electrons. The highest BCUT2D eigenvalue weighted by atomic mass is 35.5. The Morgan fingerprint density at radius 1 is 1.42 bits per heavy atom. The van der Waals surface area contributed by atoms with E-state index in [0.717, 1.165) is 34.4 Å². The minimum atomic E-state index is 0.595. The van der Waals surface area contributed by atoms with Crippen molar-refractivity contribution in [3.63, 3.8) is 0 Å². The fourth-order valence-corrected chi connectivity index (χ4v) is 3.44. The number of nitriles is 1. The molecule has 0 spiro atoms. The maximum absolute atomic E-state index is 9.15. The summed E-state index contributed by atoms with van der Waals surface area (Å²) >= 11 is 7.54. The van der Waals surface area contributed by atoms with E-state index in [1.807, 2.05) is 25.1 Å². The third kappa shape index (κ3) is 2.60. The normalized spacial score (nSPS) is 10.4. The zero-order valence-corrected chi connectivity index (χ0v) is 12.5. The molecule has 0 aliphatic carbocycles. The van der Waals surface area contributed by atoms with E-state index < -0.39 is 0 Å². The molecule has 0 bridgehead atoms. The van der Waals surface area contributed by atoms with Crippen molar-refractivity contribution in [3.8, 4) is 16.5 Å². The van der Waals surface area contributed by atoms with Gasteiger partial charge in [0.2, 0.25) is 0 Å². The van der Waals surface area contributed by atoms with Crippen LogP contribution < -0.4 is 5.73 Å². The van der Waals surface area contributed by atoms with Gasteiger partial charge in [-0.15, -0.1) is 11.3 Å². The number of hydrogen-bond donors (Lipinski definition) is 1. The second-order valence-electron chi connectivity index (χ2n) is 4.47. The van der Waals surface area contributed by atoms with Crippen LogP contribution in [0.1, 0.15) is 29.3 Å². The highest BCUT2D eigenvalue weighted by Crippen LogP contribution is 2.41. The maximum Gasteiger partial charge on any atom is 0.128 e. The molecule has 0 fully saturated rings. The second-order valence-corrected chi connectivity index (χ2v) is 5.93. The molecule has 2 rings (SSSR count). The highest BCUT2D eigenvalue weighted by Gasteiger charge is 2.17. The molecule has 0 aliphatic rings. The van der Waals surface area contributed by atoms with Crippen molar-refractivity contribution in [2.75, 3.05) is 5.73 Å². The Labute approximate surface area is 122 Å². The zero-order valence-electron chi connectivity index (χ0n) is 11.0. The van der Waals surface area contributed by atoms with Gasteiger partial charge in [-0.25, -0.2) is 0 Å². The standard InChI is InChI=1S/C15H15ClN2S/c1-3-4-11-14(18)13(8-17)19-15(11)12-7-10(16)6-5-9(12)2/h5-7H,3-4,18H2,1-2H3. The first kappa shape index (κ1) is 13.9. The van der Waals surface area contributed by atoms with Crippen molar-refractivity contribution in [1.82, 2.24) is 0 Å². The molecular weight excluding hydrogens is 276 g/mol. The van der Waals surface area contributed by atoms with E-state index in [-0.39, 0.29) is 0 Å². The Balaban J connectivity index is 2.67. The van der Waals surface area contributed by atoms with Crippen LogP contribution in [-0.4, -0.2) is 0 Å². The molecular formula is C15H15ClN2S. The van der Waals surface area contributed by atoms with Gasteiger partial charge in [-0.2, -0.15) is 5.26 Å². The lowest BCUT2D eigenvalue weighted by molar-refractivity contribution is 0.929. The molecule has 0 saturated carbocycles. The fourth-order valence-electron chi connectivity index (χ4n) is 2.12. The minimum Gasteiger partial charge on any atom is -0.397 e. The Kier molecular flexibility index (Phi) is 4.14. The molecule has 2 aromatic rings. The van der Waals surface area contributed by atoms with E-state index in [0.29, 0.717) is 15.6 Å². The molecule has 2 nitrogen and oxygen atoms in total. The van der Waals surface area contributed by atoms with Crippen molar-refractivity contribution >= 4 is 28.6 Å². The van der Waals surface area contributed by atoms with Crippen molar-refractivity contribution in [2.24, 2.45) is 0 Å². The first-order chi connectivity index (χ1) is 9.08. The summed E-state index contributed by atoms with van der Waals surface area (Å²) in [6, 6.07) is 8.00. The molecule has 0 saturated heterocycles. The van der Waals surface area contributed by atoms with Gasteiger partial charge in [0.15, 0.2) is 0 Å². The number of anilines is 1. The van der Waals surface area contributed by atoms with E-state index in [2.05, 4.69) is 13.0 Å². The second kappa shape index (κ2) is 5.64. The van der Waals surface area contributed by atoms with Crippen LogP contribution >= 0.6 is 22.9 Å². The van der Waals surface area contributed by atoms with Gasteiger partial charge in [-0.1, -0.05) is 31.0 Å². The van der Waals surface area contributed by atoms with E-state index in [1.165, 1.54) is 11.3 Å². The Hall–Kier alpha value is -1.50. The van der Waals surface area contributed by atoms with Crippen molar-refractivity contribution in [2.45, 2.75) is 26.7 Å². The quantitative estimate of drug-likeness (QED) is 0.884. The van der Waals surface area contributed by atoms with E-state index in [1.54, 1.807) is 0 Å². The van der Waals surface area contributed by atoms with Crippen LogP contribution in [0, 0.1) is 18.3 Å². The van der Waals surface area contributed by atoms with Crippen LogP contribution in [0.2, 0.25) is 5.02 Å². The highest BCUT2D eigenvalue weighted by molar-refractivity contribution is 7.16. The molecule has 1 heterocycles. The lowest BCUT2D eigenvalue weighted by atomic mass is 10.0. The van der Waals surface area contributed by atoms with Gasteiger partial charge in [0, 0.05) is 9.90 Å². The number of benzene rings is 1. The van der Waals surface area contributed by atoms with Gasteiger partial charge in [0.05, 0.1) is 5.69 Å². The Morgan fingerprint density at radius 2 is 2.16 bits per heavy atom. The summed E-state index contributed by atoms with van der Waals surface area (Å²) in [5, 5.41) is 9.85. The van der Waals surface area contributed by atoms with Crippen LogP contribution in [0.4, 0.5) is 5.69 Å². The lowest BCUT2D eigenvalue weighted by Crippen LogP contribution is -1.93. The van der Waals surface area contributed by atoms with E-state index in [4.69, 9.17) is 22.6 Å². The van der Waals surface area contributed by atoms with E-state index >= 15 is 0 Å². The SMILES string of the molecule is CCCc1c(-c2cc(Cl)ccc2C)sc(C#N)c1N. The summed E-state index contributed by atoms with van der Waals surface area (Å²) < 4.78 is 0. The third-order valence-corrected chi connectivity index (χ3v) is 4.51. The van der Waals surface area contributed by atoms with E-state index in [9.17, 15) is 0 Å². The zero-order chi connectivity index (χ0) is 14.0. The number of nitrogens with zero attached hydrogens (tertiary/aromatic N) is 1. The summed E-state index contributed by atoms with van der Waals surface area (Å²) in [5.41, 5.74) is 10.0. The van der Waals surface area contributed by atoms with Crippen LogP contribution in [0.3, 0.4) is 0 Å². The molecule has 0 amide bonds. The average Bonchev–Trinajstić information content (AvgIpc) is 2.70. The monoisotopic (exact) mass is 290 g/mol. The Bertz CT molecular complexity index is 653. The van der Waals surface area contributed by atoms with Gasteiger partial charge >= 0.3 is 0 Å². The van der Waals surface area contributed by atoms with Crippen LogP contribution in [0.5, 0.6) is 0 Å². The molecule has 1 aromatic carbocycles. The number of thiophene rings is 1. The van der Waals surface area contributed by atoms with Crippen LogP contribution in [-0.2, 0) is 6.42 Å². The van der Waals surface area contributed by atoms with Gasteiger partial charge < -0.3 is 5.73 Å². The number of nitrogen functional groups attached to an aromatic ring is 1. The number of hydrogen-bond acceptors (Lipinski definition) is 3. The van der Waals surface area contributed by atoms with Gasteiger partial charge in [-0.05, 0) is 42.2 Å². The average molecular weight is 291 g/mol. The molecule has 0 aliphatic heterocycles. The molecule has 0 atom stereocenters. The summed E-state index contributed by atoms with van der Waals surface area (Å²) in [7, 11) is 0. The number of halogens is 1. The number of nitrogens with two attached hydrogens (primary N) is 1. The predicted octanol–water partition coefficient (Wildman–Crippen LogP) is 4.78. The maximum atomic E-state index is 9.15. The lowest BCUT2D eigenvalue weighted by Gasteiger charge is -2.08. The molecule has 2 N–H and O–H groups in total. The van der Waals surface area contributed by atoms with Gasteiger partial charge in [0.1, 0.15) is 10.9 Å². The first-order valence-electron chi connectivity index (χ1n) is 6.16. The minimum absolute atomic E-state index is 0.595. The smallest absolute Gasteiger partial charge is 0.128 e. The summed E-state index contributed by atoms with van der Waals surface area (Å²) in [5.74, 6) is 0. The van der Waals surface area contributed by atoms with Crippen molar-refractivity contribution < 1.29 is 0 Å². The van der Waals surface area contributed by atoms with Crippen LogP contribution in [0.15, 0.2) is 18.2 Å². The van der Waals surface area contributed by atoms with Gasteiger partial charge in [0.25, 0.3) is 0 Å².